The molecule has 1 aromatic heterocycles. The third-order valence-corrected chi connectivity index (χ3v) is 4.72. The summed E-state index contributed by atoms with van der Waals surface area (Å²) in [7, 11) is 0. The van der Waals surface area contributed by atoms with E-state index in [4.69, 9.17) is 5.84 Å². The van der Waals surface area contributed by atoms with Gasteiger partial charge in [-0.2, -0.15) is 0 Å². The summed E-state index contributed by atoms with van der Waals surface area (Å²) >= 11 is 0. The first-order chi connectivity index (χ1) is 9.78. The van der Waals surface area contributed by atoms with Gasteiger partial charge < -0.3 is 5.43 Å². The SMILES string of the molecule is CC1CN2CCCCC2CN1Cc1cccnc1NN. The number of fused-ring (bicyclic) bond motifs is 1. The number of hydrazine groups is 1. The Kier molecular flexibility index (Phi) is 4.19. The van der Waals surface area contributed by atoms with Crippen molar-refractivity contribution in [2.24, 2.45) is 5.84 Å². The fourth-order valence-corrected chi connectivity index (χ4v) is 3.55. The smallest absolute Gasteiger partial charge is 0.144 e. The lowest BCUT2D eigenvalue weighted by Crippen LogP contribution is -2.58. The van der Waals surface area contributed by atoms with Crippen molar-refractivity contribution < 1.29 is 0 Å². The van der Waals surface area contributed by atoms with Gasteiger partial charge in [-0.1, -0.05) is 12.5 Å². The number of pyridine rings is 1. The Morgan fingerprint density at radius 2 is 2.30 bits per heavy atom. The second-order valence-electron chi connectivity index (χ2n) is 6.08. The van der Waals surface area contributed by atoms with Gasteiger partial charge in [0.15, 0.2) is 0 Å². The number of rotatable bonds is 3. The summed E-state index contributed by atoms with van der Waals surface area (Å²) in [6, 6.07) is 5.43. The van der Waals surface area contributed by atoms with Crippen LogP contribution in [-0.2, 0) is 6.54 Å². The summed E-state index contributed by atoms with van der Waals surface area (Å²) < 4.78 is 0. The van der Waals surface area contributed by atoms with Crippen LogP contribution < -0.4 is 11.3 Å². The van der Waals surface area contributed by atoms with E-state index in [1.54, 1.807) is 6.20 Å². The van der Waals surface area contributed by atoms with Gasteiger partial charge in [-0.15, -0.1) is 0 Å². The predicted octanol–water partition coefficient (Wildman–Crippen LogP) is 1.43. The van der Waals surface area contributed by atoms with Gasteiger partial charge in [-0.3, -0.25) is 9.80 Å². The van der Waals surface area contributed by atoms with E-state index in [2.05, 4.69) is 33.2 Å². The van der Waals surface area contributed by atoms with Crippen LogP contribution in [0, 0.1) is 0 Å². The molecule has 2 fully saturated rings. The van der Waals surface area contributed by atoms with Gasteiger partial charge in [0.1, 0.15) is 5.82 Å². The van der Waals surface area contributed by atoms with Crippen LogP contribution in [0.25, 0.3) is 0 Å². The van der Waals surface area contributed by atoms with Crippen LogP contribution in [0.15, 0.2) is 18.3 Å². The van der Waals surface area contributed by atoms with E-state index >= 15 is 0 Å². The lowest BCUT2D eigenvalue weighted by Gasteiger charge is -2.47. The maximum absolute atomic E-state index is 5.56. The number of nitrogens with two attached hydrogens (primary N) is 1. The normalized spacial score (nSPS) is 28.1. The summed E-state index contributed by atoms with van der Waals surface area (Å²) in [4.78, 5) is 9.55. The molecule has 0 aromatic carbocycles. The Balaban J connectivity index is 1.70. The molecule has 0 spiro atoms. The molecule has 0 amide bonds. The highest BCUT2D eigenvalue weighted by atomic mass is 15.3. The van der Waals surface area contributed by atoms with Gasteiger partial charge in [0.25, 0.3) is 0 Å². The molecule has 3 N–H and O–H groups in total. The number of nitrogens with one attached hydrogen (secondary N) is 1. The third kappa shape index (κ3) is 2.80. The van der Waals surface area contributed by atoms with E-state index in [1.165, 1.54) is 44.5 Å². The van der Waals surface area contributed by atoms with Gasteiger partial charge in [0.05, 0.1) is 0 Å². The molecule has 3 rings (SSSR count). The largest absolute Gasteiger partial charge is 0.308 e. The van der Waals surface area contributed by atoms with Crippen molar-refractivity contribution in [2.75, 3.05) is 25.1 Å². The molecule has 0 saturated carbocycles. The van der Waals surface area contributed by atoms with Crippen molar-refractivity contribution in [1.29, 1.82) is 0 Å². The lowest BCUT2D eigenvalue weighted by molar-refractivity contribution is 0.0111. The first-order valence-corrected chi connectivity index (χ1v) is 7.66. The van der Waals surface area contributed by atoms with E-state index < -0.39 is 0 Å². The summed E-state index contributed by atoms with van der Waals surface area (Å²) in [5.74, 6) is 6.35. The molecule has 2 saturated heterocycles. The fourth-order valence-electron chi connectivity index (χ4n) is 3.55. The average molecular weight is 275 g/mol. The Hall–Kier alpha value is -1.17. The first-order valence-electron chi connectivity index (χ1n) is 7.66. The summed E-state index contributed by atoms with van der Waals surface area (Å²) in [5, 5.41) is 0. The monoisotopic (exact) mass is 275 g/mol. The molecule has 2 unspecified atom stereocenters. The molecule has 0 radical (unpaired) electrons. The Morgan fingerprint density at radius 1 is 1.40 bits per heavy atom. The maximum atomic E-state index is 5.56. The second-order valence-corrected chi connectivity index (χ2v) is 6.08. The van der Waals surface area contributed by atoms with E-state index in [0.29, 0.717) is 6.04 Å². The molecule has 1 aromatic rings. The average Bonchev–Trinajstić information content (AvgIpc) is 2.48. The molecule has 110 valence electrons. The minimum atomic E-state index is 0.593. The van der Waals surface area contributed by atoms with Crippen LogP contribution in [0.5, 0.6) is 0 Å². The standard InChI is InChI=1S/C15H25N5/c1-12-9-19-8-3-2-6-14(19)11-20(12)10-13-5-4-7-17-15(13)18-16/h4-5,7,12,14H,2-3,6,8-11,16H2,1H3,(H,17,18). The van der Waals surface area contributed by atoms with Crippen molar-refractivity contribution in [1.82, 2.24) is 14.8 Å². The van der Waals surface area contributed by atoms with Gasteiger partial charge in [-0.25, -0.2) is 10.8 Å². The van der Waals surface area contributed by atoms with Crippen LogP contribution in [0.3, 0.4) is 0 Å². The van der Waals surface area contributed by atoms with Crippen LogP contribution in [0.4, 0.5) is 5.82 Å². The van der Waals surface area contributed by atoms with E-state index in [0.717, 1.165) is 18.4 Å². The molecule has 5 nitrogen and oxygen atoms in total. The van der Waals surface area contributed by atoms with Crippen molar-refractivity contribution >= 4 is 5.82 Å². The Bertz CT molecular complexity index is 450. The summed E-state index contributed by atoms with van der Waals surface area (Å²) in [5.41, 5.74) is 3.89. The lowest BCUT2D eigenvalue weighted by atomic mass is 9.97. The van der Waals surface area contributed by atoms with Crippen molar-refractivity contribution in [3.63, 3.8) is 0 Å². The zero-order chi connectivity index (χ0) is 13.9. The fraction of sp³-hybridized carbons (Fsp3) is 0.667. The first kappa shape index (κ1) is 13.8. The van der Waals surface area contributed by atoms with Crippen molar-refractivity contribution in [2.45, 2.75) is 44.8 Å². The molecule has 2 atom stereocenters. The topological polar surface area (TPSA) is 57.4 Å². The molecular weight excluding hydrogens is 250 g/mol. The van der Waals surface area contributed by atoms with Crippen LogP contribution >= 0.6 is 0 Å². The molecular formula is C15H25N5. The third-order valence-electron chi connectivity index (χ3n) is 4.72. The number of piperazine rings is 1. The maximum Gasteiger partial charge on any atom is 0.144 e. The van der Waals surface area contributed by atoms with Crippen LogP contribution in [0.1, 0.15) is 31.7 Å². The van der Waals surface area contributed by atoms with E-state index in [1.807, 2.05) is 6.07 Å². The molecule has 0 aliphatic carbocycles. The Labute approximate surface area is 121 Å². The Morgan fingerprint density at radius 3 is 3.15 bits per heavy atom. The van der Waals surface area contributed by atoms with Crippen LogP contribution in [-0.4, -0.2) is 46.5 Å². The molecule has 5 heteroatoms. The molecule has 0 bridgehead atoms. The molecule has 2 aliphatic heterocycles. The minimum absolute atomic E-state index is 0.593. The number of nitrogen functional groups attached to an aromatic ring is 1. The number of hydrogen-bond donors (Lipinski definition) is 2. The quantitative estimate of drug-likeness (QED) is 0.645. The zero-order valence-electron chi connectivity index (χ0n) is 12.3. The number of piperidine rings is 1. The van der Waals surface area contributed by atoms with Crippen molar-refractivity contribution in [3.05, 3.63) is 23.9 Å². The van der Waals surface area contributed by atoms with E-state index in [-0.39, 0.29) is 0 Å². The minimum Gasteiger partial charge on any atom is -0.308 e. The second kappa shape index (κ2) is 6.08. The van der Waals surface area contributed by atoms with Gasteiger partial charge in [0, 0.05) is 43.5 Å². The summed E-state index contributed by atoms with van der Waals surface area (Å²) in [6.07, 6.45) is 5.87. The zero-order valence-corrected chi connectivity index (χ0v) is 12.3. The highest BCUT2D eigenvalue weighted by molar-refractivity contribution is 5.42. The van der Waals surface area contributed by atoms with Crippen molar-refractivity contribution in [3.8, 4) is 0 Å². The number of hydrogen-bond acceptors (Lipinski definition) is 5. The number of nitrogens with zero attached hydrogens (tertiary/aromatic N) is 3. The summed E-state index contributed by atoms with van der Waals surface area (Å²) in [6.45, 7) is 6.90. The number of anilines is 1. The van der Waals surface area contributed by atoms with Crippen LogP contribution in [0.2, 0.25) is 0 Å². The van der Waals surface area contributed by atoms with Gasteiger partial charge in [0.2, 0.25) is 0 Å². The highest BCUT2D eigenvalue weighted by Gasteiger charge is 2.32. The molecule has 3 heterocycles. The highest BCUT2D eigenvalue weighted by Crippen LogP contribution is 2.26. The predicted molar refractivity (Wildman–Crippen MR) is 81.1 cm³/mol. The number of aromatic nitrogens is 1. The van der Waals surface area contributed by atoms with Gasteiger partial charge >= 0.3 is 0 Å². The molecule has 20 heavy (non-hydrogen) atoms. The van der Waals surface area contributed by atoms with Gasteiger partial charge in [-0.05, 0) is 32.4 Å². The van der Waals surface area contributed by atoms with E-state index in [9.17, 15) is 0 Å². The molecule has 2 aliphatic rings.